The molecule has 0 saturated heterocycles. The summed E-state index contributed by atoms with van der Waals surface area (Å²) in [5, 5.41) is 5.40. The SMILES string of the molecule is Cc1cccc(C)c1NC(=O)CNC(=O)C(C)N(C)Cc1ccc(C(F)(F)F)cc1. The minimum Gasteiger partial charge on any atom is -0.346 e. The molecule has 162 valence electrons. The second-order valence-corrected chi connectivity index (χ2v) is 7.32. The van der Waals surface area contributed by atoms with Crippen molar-refractivity contribution in [1.29, 1.82) is 0 Å². The molecule has 8 heteroatoms. The van der Waals surface area contributed by atoms with Crippen LogP contribution in [0.2, 0.25) is 0 Å². The van der Waals surface area contributed by atoms with Crippen molar-refractivity contribution in [3.63, 3.8) is 0 Å². The molecule has 0 aromatic heterocycles. The molecule has 2 aromatic carbocycles. The number of nitrogens with zero attached hydrogens (tertiary/aromatic N) is 1. The third-order valence-corrected chi connectivity index (χ3v) is 4.92. The monoisotopic (exact) mass is 421 g/mol. The smallest absolute Gasteiger partial charge is 0.346 e. The lowest BCUT2D eigenvalue weighted by atomic mass is 10.1. The molecule has 30 heavy (non-hydrogen) atoms. The van der Waals surface area contributed by atoms with Crippen LogP contribution >= 0.6 is 0 Å². The number of carbonyl (C=O) groups excluding carboxylic acids is 2. The Morgan fingerprint density at radius 3 is 2.13 bits per heavy atom. The van der Waals surface area contributed by atoms with Crippen LogP contribution in [-0.4, -0.2) is 36.3 Å². The molecule has 0 radical (unpaired) electrons. The predicted octanol–water partition coefficient (Wildman–Crippen LogP) is 3.90. The van der Waals surface area contributed by atoms with Gasteiger partial charge in [0.1, 0.15) is 0 Å². The Labute approximate surface area is 174 Å². The van der Waals surface area contributed by atoms with E-state index in [9.17, 15) is 22.8 Å². The summed E-state index contributed by atoms with van der Waals surface area (Å²) < 4.78 is 38.0. The van der Waals surface area contributed by atoms with Crippen LogP contribution in [0.3, 0.4) is 0 Å². The second-order valence-electron chi connectivity index (χ2n) is 7.32. The first-order valence-electron chi connectivity index (χ1n) is 9.49. The van der Waals surface area contributed by atoms with Gasteiger partial charge in [0.15, 0.2) is 0 Å². The lowest BCUT2D eigenvalue weighted by molar-refractivity contribution is -0.137. The summed E-state index contributed by atoms with van der Waals surface area (Å²) in [5.41, 5.74) is 2.52. The van der Waals surface area contributed by atoms with Crippen LogP contribution in [0.1, 0.15) is 29.2 Å². The van der Waals surface area contributed by atoms with Crippen LogP contribution in [0.4, 0.5) is 18.9 Å². The van der Waals surface area contributed by atoms with Gasteiger partial charge in [0, 0.05) is 12.2 Å². The van der Waals surface area contributed by atoms with Gasteiger partial charge in [-0.15, -0.1) is 0 Å². The molecule has 0 spiro atoms. The van der Waals surface area contributed by atoms with Crippen molar-refractivity contribution >= 4 is 17.5 Å². The van der Waals surface area contributed by atoms with Crippen LogP contribution in [0.15, 0.2) is 42.5 Å². The molecule has 2 N–H and O–H groups in total. The number of rotatable bonds is 7. The van der Waals surface area contributed by atoms with E-state index in [1.807, 2.05) is 32.0 Å². The maximum Gasteiger partial charge on any atom is 0.416 e. The summed E-state index contributed by atoms with van der Waals surface area (Å²) in [6.45, 7) is 5.56. The Kier molecular flexibility index (Phi) is 7.61. The highest BCUT2D eigenvalue weighted by Gasteiger charge is 2.30. The molecular weight excluding hydrogens is 395 g/mol. The molecule has 5 nitrogen and oxygen atoms in total. The average molecular weight is 421 g/mol. The number of anilines is 1. The topological polar surface area (TPSA) is 61.4 Å². The van der Waals surface area contributed by atoms with Crippen LogP contribution in [0.5, 0.6) is 0 Å². The van der Waals surface area contributed by atoms with Crippen molar-refractivity contribution in [2.45, 2.75) is 39.5 Å². The Morgan fingerprint density at radius 1 is 1.03 bits per heavy atom. The molecule has 0 heterocycles. The van der Waals surface area contributed by atoms with Crippen molar-refractivity contribution in [2.24, 2.45) is 0 Å². The first-order chi connectivity index (χ1) is 14.0. The standard InChI is InChI=1S/C22H26F3N3O2/c1-14-6-5-7-15(2)20(14)27-19(29)12-26-21(30)16(3)28(4)13-17-8-10-18(11-9-17)22(23,24)25/h5-11,16H,12-13H2,1-4H3,(H,26,30)(H,27,29). The van der Waals surface area contributed by atoms with E-state index in [0.717, 1.165) is 28.9 Å². The zero-order valence-electron chi connectivity index (χ0n) is 17.4. The third-order valence-electron chi connectivity index (χ3n) is 4.92. The molecule has 1 atom stereocenters. The van der Waals surface area contributed by atoms with E-state index >= 15 is 0 Å². The number of benzene rings is 2. The summed E-state index contributed by atoms with van der Waals surface area (Å²) in [6, 6.07) is 9.93. The van der Waals surface area contributed by atoms with Gasteiger partial charge in [-0.3, -0.25) is 14.5 Å². The number of likely N-dealkylation sites (N-methyl/N-ethyl adjacent to an activating group) is 1. The Balaban J connectivity index is 1.86. The fourth-order valence-corrected chi connectivity index (χ4v) is 2.93. The number of halogens is 3. The van der Waals surface area contributed by atoms with Crippen LogP contribution in [0.25, 0.3) is 0 Å². The second kappa shape index (κ2) is 9.75. The van der Waals surface area contributed by atoms with Crippen LogP contribution < -0.4 is 10.6 Å². The minimum absolute atomic E-state index is 0.176. The molecule has 0 fully saturated rings. The van der Waals surface area contributed by atoms with Gasteiger partial charge in [-0.25, -0.2) is 0 Å². The lowest BCUT2D eigenvalue weighted by Crippen LogP contribution is -2.45. The molecule has 0 saturated carbocycles. The molecule has 2 rings (SSSR count). The number of hydrogen-bond acceptors (Lipinski definition) is 3. The van der Waals surface area contributed by atoms with Gasteiger partial charge in [-0.2, -0.15) is 13.2 Å². The van der Waals surface area contributed by atoms with Crippen LogP contribution in [-0.2, 0) is 22.3 Å². The third kappa shape index (κ3) is 6.32. The Morgan fingerprint density at radius 2 is 1.60 bits per heavy atom. The summed E-state index contributed by atoms with van der Waals surface area (Å²) in [5.74, 6) is -0.681. The number of amides is 2. The molecule has 0 aliphatic rings. The zero-order valence-corrected chi connectivity index (χ0v) is 17.4. The van der Waals surface area contributed by atoms with Crippen molar-refractivity contribution in [3.8, 4) is 0 Å². The van der Waals surface area contributed by atoms with Crippen molar-refractivity contribution < 1.29 is 22.8 Å². The molecule has 1 unspecified atom stereocenters. The summed E-state index contributed by atoms with van der Waals surface area (Å²) in [7, 11) is 1.69. The van der Waals surface area contributed by atoms with E-state index in [0.29, 0.717) is 12.1 Å². The molecule has 2 amide bonds. The van der Waals surface area contributed by atoms with Crippen LogP contribution in [0, 0.1) is 13.8 Å². The first kappa shape index (κ1) is 23.4. The van der Waals surface area contributed by atoms with Crippen molar-refractivity contribution in [2.75, 3.05) is 18.9 Å². The number of carbonyl (C=O) groups is 2. The molecule has 0 aliphatic heterocycles. The number of nitrogens with one attached hydrogen (secondary N) is 2. The molecular formula is C22H26F3N3O2. The van der Waals surface area contributed by atoms with E-state index in [2.05, 4.69) is 10.6 Å². The minimum atomic E-state index is -4.38. The highest BCUT2D eigenvalue weighted by Crippen LogP contribution is 2.29. The zero-order chi connectivity index (χ0) is 22.5. The van der Waals surface area contributed by atoms with Gasteiger partial charge in [-0.1, -0.05) is 30.3 Å². The van der Waals surface area contributed by atoms with Crippen molar-refractivity contribution in [3.05, 3.63) is 64.7 Å². The fraction of sp³-hybridized carbons (Fsp3) is 0.364. The van der Waals surface area contributed by atoms with E-state index in [4.69, 9.17) is 0 Å². The normalized spacial score (nSPS) is 12.5. The highest BCUT2D eigenvalue weighted by atomic mass is 19.4. The predicted molar refractivity (Wildman–Crippen MR) is 110 cm³/mol. The van der Waals surface area contributed by atoms with Crippen molar-refractivity contribution in [1.82, 2.24) is 10.2 Å². The Hall–Kier alpha value is -2.87. The summed E-state index contributed by atoms with van der Waals surface area (Å²) in [4.78, 5) is 26.3. The molecule has 0 aliphatic carbocycles. The largest absolute Gasteiger partial charge is 0.416 e. The maximum atomic E-state index is 12.7. The molecule has 0 bridgehead atoms. The number of aryl methyl sites for hydroxylation is 2. The van der Waals surface area contributed by atoms with Gasteiger partial charge < -0.3 is 10.6 Å². The quantitative estimate of drug-likeness (QED) is 0.713. The van der Waals surface area contributed by atoms with E-state index in [-0.39, 0.29) is 18.4 Å². The van der Waals surface area contributed by atoms with E-state index in [1.165, 1.54) is 12.1 Å². The number of para-hydroxylation sites is 1. The van der Waals surface area contributed by atoms with Gasteiger partial charge >= 0.3 is 6.18 Å². The van der Waals surface area contributed by atoms with Gasteiger partial charge in [0.05, 0.1) is 18.2 Å². The summed E-state index contributed by atoms with van der Waals surface area (Å²) in [6.07, 6.45) is -4.38. The molecule has 2 aromatic rings. The van der Waals surface area contributed by atoms with Gasteiger partial charge in [-0.05, 0) is 56.6 Å². The number of alkyl halides is 3. The van der Waals surface area contributed by atoms with Gasteiger partial charge in [0.25, 0.3) is 0 Å². The maximum absolute atomic E-state index is 12.7. The first-order valence-corrected chi connectivity index (χ1v) is 9.49. The highest BCUT2D eigenvalue weighted by molar-refractivity contribution is 5.96. The Bertz CT molecular complexity index is 875. The van der Waals surface area contributed by atoms with E-state index in [1.54, 1.807) is 18.9 Å². The van der Waals surface area contributed by atoms with Gasteiger partial charge in [0.2, 0.25) is 11.8 Å². The fourth-order valence-electron chi connectivity index (χ4n) is 2.93. The summed E-state index contributed by atoms with van der Waals surface area (Å²) >= 11 is 0. The number of hydrogen-bond donors (Lipinski definition) is 2. The van der Waals surface area contributed by atoms with E-state index < -0.39 is 17.8 Å². The average Bonchev–Trinajstić information content (AvgIpc) is 2.68. The lowest BCUT2D eigenvalue weighted by Gasteiger charge is -2.24.